The van der Waals surface area contributed by atoms with Crippen molar-refractivity contribution in [2.75, 3.05) is 6.61 Å². The van der Waals surface area contributed by atoms with Gasteiger partial charge in [-0.1, -0.05) is 6.92 Å². The van der Waals surface area contributed by atoms with E-state index in [1.165, 1.54) is 0 Å². The van der Waals surface area contributed by atoms with E-state index in [1.807, 2.05) is 20.2 Å². The maximum absolute atomic E-state index is 11.9. The molecular weight excluding hydrogens is 218 g/mol. The summed E-state index contributed by atoms with van der Waals surface area (Å²) in [6, 6.07) is -0.178. The Kier molecular flexibility index (Phi) is 5.15. The third-order valence-electron chi connectivity index (χ3n) is 2.64. The second-order valence-electron chi connectivity index (χ2n) is 4.11. The van der Waals surface area contributed by atoms with E-state index in [1.54, 1.807) is 17.8 Å². The average molecular weight is 239 g/mol. The van der Waals surface area contributed by atoms with Crippen LogP contribution >= 0.6 is 0 Å². The summed E-state index contributed by atoms with van der Waals surface area (Å²) in [7, 11) is 1.83. The highest BCUT2D eigenvalue weighted by molar-refractivity contribution is 5.77. The Bertz CT molecular complexity index is 362. The highest BCUT2D eigenvalue weighted by Crippen LogP contribution is 2.15. The van der Waals surface area contributed by atoms with Crippen LogP contribution in [0.1, 0.15) is 38.8 Å². The predicted octanol–water partition coefficient (Wildman–Crippen LogP) is 1.41. The van der Waals surface area contributed by atoms with Crippen LogP contribution in [-0.2, 0) is 16.6 Å². The van der Waals surface area contributed by atoms with Crippen molar-refractivity contribution in [3.63, 3.8) is 0 Å². The Balaban J connectivity index is 2.82. The third-order valence-corrected chi connectivity index (χ3v) is 2.64. The lowest BCUT2D eigenvalue weighted by Crippen LogP contribution is -2.35. The number of esters is 1. The summed E-state index contributed by atoms with van der Waals surface area (Å²) in [5.41, 5.74) is 0.839. The second kappa shape index (κ2) is 6.39. The lowest BCUT2D eigenvalue weighted by atomic mass is 10.1. The monoisotopic (exact) mass is 239 g/mol. The fraction of sp³-hybridized carbons (Fsp3) is 0.667. The van der Waals surface area contributed by atoms with Crippen molar-refractivity contribution >= 4 is 5.97 Å². The number of aromatic nitrogens is 2. The molecule has 0 aliphatic heterocycles. The van der Waals surface area contributed by atoms with Crippen molar-refractivity contribution in [3.05, 3.63) is 18.0 Å². The molecule has 1 heterocycles. The minimum atomic E-state index is -0.432. The van der Waals surface area contributed by atoms with Crippen molar-refractivity contribution in [2.24, 2.45) is 7.05 Å². The molecule has 0 saturated carbocycles. The summed E-state index contributed by atoms with van der Waals surface area (Å²) >= 11 is 0. The van der Waals surface area contributed by atoms with E-state index in [0.29, 0.717) is 6.61 Å². The average Bonchev–Trinajstić information content (AvgIpc) is 2.72. The highest BCUT2D eigenvalue weighted by Gasteiger charge is 2.24. The molecule has 0 radical (unpaired) electrons. The zero-order valence-corrected chi connectivity index (χ0v) is 10.9. The smallest absolute Gasteiger partial charge is 0.327 e. The summed E-state index contributed by atoms with van der Waals surface area (Å²) in [5.74, 6) is -0.249. The maximum Gasteiger partial charge on any atom is 0.327 e. The van der Waals surface area contributed by atoms with Crippen LogP contribution in [0.2, 0.25) is 0 Å². The van der Waals surface area contributed by atoms with Gasteiger partial charge in [0.1, 0.15) is 6.04 Å². The van der Waals surface area contributed by atoms with Crippen LogP contribution in [0.15, 0.2) is 12.4 Å². The van der Waals surface area contributed by atoms with Gasteiger partial charge in [0.2, 0.25) is 0 Å². The van der Waals surface area contributed by atoms with Gasteiger partial charge in [0, 0.05) is 24.8 Å². The molecule has 0 bridgehead atoms. The zero-order chi connectivity index (χ0) is 12.8. The molecule has 0 amide bonds. The lowest BCUT2D eigenvalue weighted by molar-refractivity contribution is -0.146. The first-order valence-corrected chi connectivity index (χ1v) is 5.99. The molecule has 0 spiro atoms. The van der Waals surface area contributed by atoms with E-state index in [0.717, 1.165) is 12.0 Å². The number of carbonyl (C=O) groups excluding carboxylic acids is 1. The number of carbonyl (C=O) groups is 1. The van der Waals surface area contributed by atoms with E-state index in [-0.39, 0.29) is 12.0 Å². The van der Waals surface area contributed by atoms with Gasteiger partial charge in [0.15, 0.2) is 0 Å². The molecule has 1 aromatic rings. The lowest BCUT2D eigenvalue weighted by Gasteiger charge is -2.20. The summed E-state index contributed by atoms with van der Waals surface area (Å²) in [5, 5.41) is 7.34. The predicted molar refractivity (Wildman–Crippen MR) is 65.5 cm³/mol. The number of aryl methyl sites for hydroxylation is 1. The SMILES string of the molecule is CCOC(=O)C(NC(C)CC)c1cnn(C)c1. The number of hydrogen-bond donors (Lipinski definition) is 1. The number of ether oxygens (including phenoxy) is 1. The van der Waals surface area contributed by atoms with Gasteiger partial charge in [-0.2, -0.15) is 5.10 Å². The molecule has 5 heteroatoms. The van der Waals surface area contributed by atoms with Gasteiger partial charge in [-0.15, -0.1) is 0 Å². The van der Waals surface area contributed by atoms with Crippen LogP contribution in [0.25, 0.3) is 0 Å². The first-order chi connectivity index (χ1) is 8.08. The summed E-state index contributed by atoms with van der Waals surface area (Å²) < 4.78 is 6.76. The van der Waals surface area contributed by atoms with Crippen molar-refractivity contribution < 1.29 is 9.53 Å². The van der Waals surface area contributed by atoms with E-state index >= 15 is 0 Å². The highest BCUT2D eigenvalue weighted by atomic mass is 16.5. The van der Waals surface area contributed by atoms with Crippen LogP contribution in [0.3, 0.4) is 0 Å². The van der Waals surface area contributed by atoms with Gasteiger partial charge < -0.3 is 4.74 Å². The van der Waals surface area contributed by atoms with Crippen LogP contribution in [-0.4, -0.2) is 28.4 Å². The Morgan fingerprint density at radius 2 is 2.29 bits per heavy atom. The molecule has 17 heavy (non-hydrogen) atoms. The first kappa shape index (κ1) is 13.7. The molecule has 0 aliphatic rings. The fourth-order valence-electron chi connectivity index (χ4n) is 1.52. The van der Waals surface area contributed by atoms with Gasteiger partial charge in [0.25, 0.3) is 0 Å². The second-order valence-corrected chi connectivity index (χ2v) is 4.11. The zero-order valence-electron chi connectivity index (χ0n) is 10.9. The number of nitrogens with zero attached hydrogens (tertiary/aromatic N) is 2. The Morgan fingerprint density at radius 3 is 2.76 bits per heavy atom. The summed E-state index contributed by atoms with van der Waals surface area (Å²) in [6.07, 6.45) is 4.48. The van der Waals surface area contributed by atoms with Crippen molar-refractivity contribution in [1.82, 2.24) is 15.1 Å². The maximum atomic E-state index is 11.9. The van der Waals surface area contributed by atoms with Crippen LogP contribution in [0.5, 0.6) is 0 Å². The minimum absolute atomic E-state index is 0.249. The molecule has 1 rings (SSSR count). The Hall–Kier alpha value is -1.36. The molecule has 0 aromatic carbocycles. The molecular formula is C12H21N3O2. The van der Waals surface area contributed by atoms with Crippen LogP contribution in [0, 0.1) is 0 Å². The van der Waals surface area contributed by atoms with Crippen molar-refractivity contribution in [2.45, 2.75) is 39.3 Å². The van der Waals surface area contributed by atoms with Gasteiger partial charge in [-0.25, -0.2) is 4.79 Å². The van der Waals surface area contributed by atoms with E-state index in [2.05, 4.69) is 17.3 Å². The van der Waals surface area contributed by atoms with Crippen LogP contribution in [0.4, 0.5) is 0 Å². The van der Waals surface area contributed by atoms with Crippen molar-refractivity contribution in [1.29, 1.82) is 0 Å². The quantitative estimate of drug-likeness (QED) is 0.763. The summed E-state index contributed by atoms with van der Waals surface area (Å²) in [4.78, 5) is 11.9. The molecule has 0 fully saturated rings. The van der Waals surface area contributed by atoms with Crippen molar-refractivity contribution in [3.8, 4) is 0 Å². The molecule has 5 nitrogen and oxygen atoms in total. The van der Waals surface area contributed by atoms with Crippen LogP contribution < -0.4 is 5.32 Å². The molecule has 1 N–H and O–H groups in total. The Labute approximate surface area is 102 Å². The number of hydrogen-bond acceptors (Lipinski definition) is 4. The summed E-state index contributed by atoms with van der Waals surface area (Å²) in [6.45, 7) is 6.31. The molecule has 2 unspecified atom stereocenters. The van der Waals surface area contributed by atoms with Gasteiger partial charge >= 0.3 is 5.97 Å². The minimum Gasteiger partial charge on any atom is -0.465 e. The largest absolute Gasteiger partial charge is 0.465 e. The van der Waals surface area contributed by atoms with E-state index < -0.39 is 6.04 Å². The molecule has 0 saturated heterocycles. The number of nitrogens with one attached hydrogen (secondary N) is 1. The molecule has 1 aromatic heterocycles. The van der Waals surface area contributed by atoms with E-state index in [4.69, 9.17) is 4.74 Å². The molecule has 0 aliphatic carbocycles. The molecule has 2 atom stereocenters. The Morgan fingerprint density at radius 1 is 1.59 bits per heavy atom. The van der Waals surface area contributed by atoms with Gasteiger partial charge in [-0.3, -0.25) is 10.00 Å². The van der Waals surface area contributed by atoms with E-state index in [9.17, 15) is 4.79 Å². The normalized spacial score (nSPS) is 14.4. The third kappa shape index (κ3) is 3.85. The first-order valence-electron chi connectivity index (χ1n) is 5.99. The standard InChI is InChI=1S/C12H21N3O2/c1-5-9(3)14-11(12(16)17-6-2)10-7-13-15(4)8-10/h7-9,11,14H,5-6H2,1-4H3. The fourth-order valence-corrected chi connectivity index (χ4v) is 1.52. The topological polar surface area (TPSA) is 56.1 Å². The molecule has 96 valence electrons. The van der Waals surface area contributed by atoms with Gasteiger partial charge in [-0.05, 0) is 20.3 Å². The number of rotatable bonds is 6. The van der Waals surface area contributed by atoms with Gasteiger partial charge in [0.05, 0.1) is 12.8 Å².